The fourth-order valence-electron chi connectivity index (χ4n) is 6.25. The summed E-state index contributed by atoms with van der Waals surface area (Å²) in [5.74, 6) is 0.605. The van der Waals surface area contributed by atoms with Crippen molar-refractivity contribution in [3.63, 3.8) is 0 Å². The Balaban J connectivity index is 0.000000181. The van der Waals surface area contributed by atoms with Crippen molar-refractivity contribution >= 4 is 50.8 Å². The van der Waals surface area contributed by atoms with E-state index in [0.717, 1.165) is 0 Å². The van der Waals surface area contributed by atoms with Gasteiger partial charge < -0.3 is 0 Å². The Kier molecular flexibility index (Phi) is 12.1. The second-order valence-corrected chi connectivity index (χ2v) is 14.0. The lowest BCUT2D eigenvalue weighted by Crippen LogP contribution is -2.66. The number of halogens is 1. The first-order valence-corrected chi connectivity index (χ1v) is 17.8. The maximum atomic E-state index is 12.7. The van der Waals surface area contributed by atoms with Gasteiger partial charge in [0.1, 0.15) is 0 Å². The number of hydrogen-bond acceptors (Lipinski definition) is 1. The van der Waals surface area contributed by atoms with Crippen molar-refractivity contribution in [3.8, 4) is 0 Å². The van der Waals surface area contributed by atoms with Crippen molar-refractivity contribution in [3.05, 3.63) is 187 Å². The van der Waals surface area contributed by atoms with Crippen LogP contribution in [-0.2, 0) is 10.9 Å². The van der Waals surface area contributed by atoms with Crippen molar-refractivity contribution in [2.45, 2.75) is 35.9 Å². The molecule has 6 aromatic rings. The van der Waals surface area contributed by atoms with E-state index in [1.54, 1.807) is 24.3 Å². The van der Waals surface area contributed by atoms with Crippen LogP contribution in [0.3, 0.4) is 0 Å². The molecule has 0 radical (unpaired) electrons. The van der Waals surface area contributed by atoms with Crippen molar-refractivity contribution in [2.24, 2.45) is 0 Å². The van der Waals surface area contributed by atoms with Crippen LogP contribution in [0.25, 0.3) is 0 Å². The molecule has 230 valence electrons. The molecule has 0 heterocycles. The molecular formula is C42H40BClOS. The van der Waals surface area contributed by atoms with Crippen LogP contribution in [0.1, 0.15) is 30.1 Å². The second-order valence-electron chi connectivity index (χ2n) is 11.5. The summed E-state index contributed by atoms with van der Waals surface area (Å²) in [6.45, 7) is 2.28. The molecule has 0 N–H and O–H groups in total. The molecule has 6 aromatic carbocycles. The van der Waals surface area contributed by atoms with Gasteiger partial charge in [-0.15, -0.1) is 0 Å². The molecule has 0 aliphatic heterocycles. The van der Waals surface area contributed by atoms with E-state index in [2.05, 4.69) is 122 Å². The highest BCUT2D eigenvalue weighted by molar-refractivity contribution is 7.97. The average molecular weight is 639 g/mol. The molecule has 0 fully saturated rings. The largest absolute Gasteiger partial charge is 0.289 e. The molecule has 0 saturated heterocycles. The number of rotatable bonds is 11. The molecule has 1 nitrogen and oxygen atoms in total. The summed E-state index contributed by atoms with van der Waals surface area (Å²) in [6.07, 6.45) is 2.73. The molecule has 46 heavy (non-hydrogen) atoms. The maximum Gasteiger partial charge on any atom is 0.212 e. The smallest absolute Gasteiger partial charge is 0.212 e. The van der Waals surface area contributed by atoms with Gasteiger partial charge in [0.25, 0.3) is 0 Å². The summed E-state index contributed by atoms with van der Waals surface area (Å²) in [5, 5.41) is 0.645. The number of Topliss-reactive ketones (excluding diaryl/α,β-unsaturated/α-hetero) is 1. The third kappa shape index (κ3) is 8.29. The number of hydrogen-bond donors (Lipinski definition) is 0. The van der Waals surface area contributed by atoms with Crippen molar-refractivity contribution in [1.29, 1.82) is 0 Å². The lowest BCUT2D eigenvalue weighted by molar-refractivity contribution is 0.102. The quantitative estimate of drug-likeness (QED) is 0.0786. The number of unbranched alkanes of at least 4 members (excludes halogenated alkanes) is 1. The van der Waals surface area contributed by atoms with Crippen LogP contribution in [-0.4, -0.2) is 17.7 Å². The molecule has 0 spiro atoms. The van der Waals surface area contributed by atoms with Gasteiger partial charge in [-0.3, -0.25) is 4.79 Å². The predicted molar refractivity (Wildman–Crippen MR) is 201 cm³/mol. The van der Waals surface area contributed by atoms with Crippen LogP contribution in [0.5, 0.6) is 0 Å². The van der Waals surface area contributed by atoms with Gasteiger partial charge in [0, 0.05) is 10.6 Å². The van der Waals surface area contributed by atoms with E-state index in [4.69, 9.17) is 11.6 Å². The van der Waals surface area contributed by atoms with E-state index in [-0.39, 0.29) is 16.7 Å². The topological polar surface area (TPSA) is 17.1 Å². The highest BCUT2D eigenvalue weighted by Crippen LogP contribution is 2.25. The van der Waals surface area contributed by atoms with Crippen molar-refractivity contribution in [2.75, 3.05) is 5.75 Å². The standard InChI is InChI=1S/C22H24B.C20H16ClOS/c1-2-3-19-23(20-13-7-4-8-14-20,21-15-9-5-10-16-21)22-17-11-6-12-18-22;21-17-13-11-16(12-14-17)20(22)15-23(18-7-3-1-4-8-18)19-9-5-2-6-10-19/h4-18H,2-3,19H2,1H3;1-14H,15H2/q-1;+1. The molecule has 0 amide bonds. The van der Waals surface area contributed by atoms with E-state index in [1.807, 2.05) is 36.4 Å². The summed E-state index contributed by atoms with van der Waals surface area (Å²) >= 11 is 5.90. The minimum Gasteiger partial charge on any atom is -0.289 e. The number of benzene rings is 6. The Morgan fingerprint density at radius 2 is 0.913 bits per heavy atom. The summed E-state index contributed by atoms with van der Waals surface area (Å²) in [7, 11) is -0.270. The molecule has 0 atom stereocenters. The van der Waals surface area contributed by atoms with Crippen LogP contribution in [0.15, 0.2) is 186 Å². The minimum absolute atomic E-state index is 0.137. The molecule has 0 aromatic heterocycles. The Hall–Kier alpha value is -4.31. The van der Waals surface area contributed by atoms with Gasteiger partial charge in [-0.05, 0) is 48.5 Å². The number of ketones is 1. The van der Waals surface area contributed by atoms with Crippen LogP contribution < -0.4 is 16.4 Å². The van der Waals surface area contributed by atoms with Crippen LogP contribution in [0, 0.1) is 0 Å². The molecule has 4 heteroatoms. The Morgan fingerprint density at radius 1 is 0.543 bits per heavy atom. The first kappa shape index (κ1) is 33.1. The highest BCUT2D eigenvalue weighted by atomic mass is 35.5. The molecule has 0 saturated carbocycles. The fourth-order valence-corrected chi connectivity index (χ4v) is 8.39. The van der Waals surface area contributed by atoms with E-state index in [9.17, 15) is 4.79 Å². The summed E-state index contributed by atoms with van der Waals surface area (Å²) in [4.78, 5) is 15.0. The molecule has 0 bridgehead atoms. The number of carbonyl (C=O) groups excluding carboxylic acids is 1. The van der Waals surface area contributed by atoms with E-state index in [1.165, 1.54) is 45.3 Å². The zero-order chi connectivity index (χ0) is 32.0. The Morgan fingerprint density at radius 3 is 1.28 bits per heavy atom. The minimum atomic E-state index is -0.913. The third-order valence-corrected chi connectivity index (χ3v) is 11.1. The van der Waals surface area contributed by atoms with Crippen LogP contribution in [0.2, 0.25) is 11.3 Å². The second kappa shape index (κ2) is 16.8. The molecule has 6 rings (SSSR count). The number of carbonyl (C=O) groups is 1. The van der Waals surface area contributed by atoms with Gasteiger partial charge in [-0.2, -0.15) is 22.7 Å². The Bertz CT molecular complexity index is 1610. The van der Waals surface area contributed by atoms with E-state index < -0.39 is 6.15 Å². The first-order chi connectivity index (χ1) is 22.6. The van der Waals surface area contributed by atoms with Crippen LogP contribution in [0.4, 0.5) is 0 Å². The third-order valence-electron chi connectivity index (χ3n) is 8.59. The van der Waals surface area contributed by atoms with Crippen molar-refractivity contribution in [1.82, 2.24) is 0 Å². The van der Waals surface area contributed by atoms with Gasteiger partial charge >= 0.3 is 0 Å². The monoisotopic (exact) mass is 638 g/mol. The normalized spacial score (nSPS) is 11.0. The average Bonchev–Trinajstić information content (AvgIpc) is 3.13. The predicted octanol–water partition coefficient (Wildman–Crippen LogP) is 9.22. The maximum absolute atomic E-state index is 12.7. The lowest BCUT2D eigenvalue weighted by atomic mass is 9.14. The zero-order valence-electron chi connectivity index (χ0n) is 26.3. The Labute approximate surface area is 282 Å². The SMILES string of the molecule is CCCC[B-](c1ccccc1)(c1ccccc1)c1ccccc1.O=C(C[S+](c1ccccc1)c1ccccc1)c1ccc(Cl)cc1. The zero-order valence-corrected chi connectivity index (χ0v) is 27.9. The van der Waals surface area contributed by atoms with Gasteiger partial charge in [-0.25, -0.2) is 0 Å². The van der Waals surface area contributed by atoms with Gasteiger partial charge in [0.2, 0.25) is 5.78 Å². The van der Waals surface area contributed by atoms with Crippen LogP contribution >= 0.6 is 11.6 Å². The summed E-state index contributed by atoms with van der Waals surface area (Å²) < 4.78 is 0. The van der Waals surface area contributed by atoms with E-state index >= 15 is 0 Å². The lowest BCUT2D eigenvalue weighted by Gasteiger charge is -2.43. The molecule has 0 aliphatic carbocycles. The highest BCUT2D eigenvalue weighted by Gasteiger charge is 2.30. The van der Waals surface area contributed by atoms with Crippen molar-refractivity contribution < 1.29 is 4.79 Å². The van der Waals surface area contributed by atoms with E-state index in [0.29, 0.717) is 16.3 Å². The summed E-state index contributed by atoms with van der Waals surface area (Å²) in [6, 6.07) is 60.7. The molecular weight excluding hydrogens is 599 g/mol. The van der Waals surface area contributed by atoms with Gasteiger partial charge in [0.15, 0.2) is 15.5 Å². The summed E-state index contributed by atoms with van der Waals surface area (Å²) in [5.41, 5.74) is 5.04. The fraction of sp³-hybridized carbons (Fsp3) is 0.119. The van der Waals surface area contributed by atoms with Gasteiger partial charge in [-0.1, -0.05) is 159 Å². The molecule has 0 unspecified atom stereocenters. The first-order valence-electron chi connectivity index (χ1n) is 16.0. The van der Waals surface area contributed by atoms with Gasteiger partial charge in [0.05, 0.1) is 17.0 Å². The molecule has 0 aliphatic rings.